The summed E-state index contributed by atoms with van der Waals surface area (Å²) in [6.45, 7) is 6.18. The van der Waals surface area contributed by atoms with Crippen LogP contribution in [-0.2, 0) is 9.53 Å². The van der Waals surface area contributed by atoms with E-state index in [2.05, 4.69) is 27.5 Å². The molecule has 0 aromatic heterocycles. The second-order valence-electron chi connectivity index (χ2n) is 5.65. The van der Waals surface area contributed by atoms with Crippen molar-refractivity contribution < 1.29 is 9.53 Å². The number of ether oxygens (including phenoxy) is 1. The van der Waals surface area contributed by atoms with Gasteiger partial charge in [-0.15, -0.1) is 0 Å². The van der Waals surface area contributed by atoms with E-state index >= 15 is 0 Å². The first kappa shape index (κ1) is 16.8. The summed E-state index contributed by atoms with van der Waals surface area (Å²) in [4.78, 5) is 18.9. The summed E-state index contributed by atoms with van der Waals surface area (Å²) in [6, 6.07) is 0. The van der Waals surface area contributed by atoms with Crippen LogP contribution in [0, 0.1) is 5.92 Å². The first-order valence-electron chi connectivity index (χ1n) is 6.26. The average Bonchev–Trinajstić information content (AvgIpc) is 2.20. The monoisotopic (exact) mass is 346 g/mol. The Bertz CT molecular complexity index is 327. The van der Waals surface area contributed by atoms with Crippen molar-refractivity contribution in [1.29, 1.82) is 0 Å². The molecule has 0 amide bonds. The van der Waals surface area contributed by atoms with Crippen molar-refractivity contribution in [3.05, 3.63) is 14.9 Å². The molecule has 0 spiro atoms. The Morgan fingerprint density at radius 2 is 1.82 bits per heavy atom. The van der Waals surface area contributed by atoms with Crippen LogP contribution in [0.5, 0.6) is 0 Å². The Morgan fingerprint density at radius 1 is 1.29 bits per heavy atom. The summed E-state index contributed by atoms with van der Waals surface area (Å²) < 4.78 is 6.20. The van der Waals surface area contributed by atoms with Crippen LogP contribution in [0.15, 0.2) is 14.9 Å². The molecule has 0 fully saturated rings. The van der Waals surface area contributed by atoms with Crippen molar-refractivity contribution in [2.45, 2.75) is 48.4 Å². The van der Waals surface area contributed by atoms with Crippen molar-refractivity contribution in [2.75, 3.05) is 7.11 Å². The molecule has 0 heterocycles. The van der Waals surface area contributed by atoms with Crippen molar-refractivity contribution >= 4 is 24.3 Å². The van der Waals surface area contributed by atoms with Crippen LogP contribution in [0.4, 0.5) is 0 Å². The van der Waals surface area contributed by atoms with Crippen molar-refractivity contribution in [3.8, 4) is 0 Å². The molecule has 2 nitrogen and oxygen atoms in total. The normalized spacial score (nSPS) is 12.6. The SMILES string of the molecule is CCCC(C(=O)OC)[C](=C=C(C)C)[Sn]([CH3])([CH3])[CH3]. The van der Waals surface area contributed by atoms with Gasteiger partial charge in [-0.25, -0.2) is 0 Å². The number of carbonyl (C=O) groups excluding carboxylic acids is 1. The molecule has 17 heavy (non-hydrogen) atoms. The standard InChI is InChI=1S/C11H17O2.3CH3.Sn/c1-5-6-10(11(12)13-4)8-7-9(2)3;;;;/h10H,5-6H2,1-4H3;3*1H3;. The molecular weight excluding hydrogens is 319 g/mol. The molecule has 1 atom stereocenters. The van der Waals surface area contributed by atoms with Gasteiger partial charge in [0.25, 0.3) is 0 Å². The third-order valence-electron chi connectivity index (χ3n) is 2.60. The summed E-state index contributed by atoms with van der Waals surface area (Å²) in [5, 5.41) is 0. The maximum absolute atomic E-state index is 11.9. The molecule has 0 aliphatic carbocycles. The molecule has 0 saturated heterocycles. The summed E-state index contributed by atoms with van der Waals surface area (Å²) >= 11 is -2.30. The molecule has 0 aliphatic rings. The van der Waals surface area contributed by atoms with E-state index in [1.54, 1.807) is 0 Å². The molecule has 0 aromatic carbocycles. The Hall–Kier alpha value is -0.211. The van der Waals surface area contributed by atoms with Crippen LogP contribution in [0.3, 0.4) is 0 Å². The van der Waals surface area contributed by atoms with Crippen LogP contribution >= 0.6 is 0 Å². The molecule has 0 bridgehead atoms. The second-order valence-corrected chi connectivity index (χ2v) is 20.0. The summed E-state index contributed by atoms with van der Waals surface area (Å²) in [7, 11) is 1.48. The molecule has 1 unspecified atom stereocenters. The van der Waals surface area contributed by atoms with Gasteiger partial charge in [0.1, 0.15) is 0 Å². The van der Waals surface area contributed by atoms with Crippen LogP contribution < -0.4 is 0 Å². The number of esters is 1. The Morgan fingerprint density at radius 3 is 2.12 bits per heavy atom. The molecule has 3 heteroatoms. The van der Waals surface area contributed by atoms with E-state index < -0.39 is 18.4 Å². The molecule has 0 saturated carbocycles. The van der Waals surface area contributed by atoms with Gasteiger partial charge in [-0.1, -0.05) is 0 Å². The zero-order chi connectivity index (χ0) is 13.6. The minimum absolute atomic E-state index is 0.0734. The third kappa shape index (κ3) is 5.78. The Kier molecular flexibility index (Phi) is 7.18. The maximum atomic E-state index is 11.9. The topological polar surface area (TPSA) is 26.3 Å². The molecule has 0 aromatic rings. The van der Waals surface area contributed by atoms with Gasteiger partial charge < -0.3 is 0 Å². The fourth-order valence-corrected chi connectivity index (χ4v) is 7.39. The van der Waals surface area contributed by atoms with Gasteiger partial charge in [-0.3, -0.25) is 0 Å². The second kappa shape index (κ2) is 7.27. The summed E-state index contributed by atoms with van der Waals surface area (Å²) in [5.74, 6) is -0.169. The van der Waals surface area contributed by atoms with Crippen LogP contribution in [0.25, 0.3) is 0 Å². The van der Waals surface area contributed by atoms with Gasteiger partial charge in [0.2, 0.25) is 0 Å². The van der Waals surface area contributed by atoms with Gasteiger partial charge >= 0.3 is 110 Å². The first-order valence-corrected chi connectivity index (χ1v) is 16.2. The van der Waals surface area contributed by atoms with E-state index in [-0.39, 0.29) is 11.9 Å². The molecular formula is C14H26O2Sn. The van der Waals surface area contributed by atoms with Crippen LogP contribution in [-0.4, -0.2) is 31.5 Å². The number of hydrogen-bond acceptors (Lipinski definition) is 2. The zero-order valence-electron chi connectivity index (χ0n) is 12.3. The van der Waals surface area contributed by atoms with E-state index in [1.807, 2.05) is 13.8 Å². The van der Waals surface area contributed by atoms with Crippen molar-refractivity contribution in [1.82, 2.24) is 0 Å². The number of hydrogen-bond donors (Lipinski definition) is 0. The summed E-state index contributed by atoms with van der Waals surface area (Å²) in [5.41, 5.74) is 4.60. The fraction of sp³-hybridized carbons (Fsp3) is 0.714. The predicted octanol–water partition coefficient (Wildman–Crippen LogP) is 3.94. The molecule has 98 valence electrons. The first-order chi connectivity index (χ1) is 7.73. The molecule has 0 N–H and O–H groups in total. The number of methoxy groups -OCH3 is 1. The molecule has 0 rings (SSSR count). The van der Waals surface area contributed by atoms with E-state index in [9.17, 15) is 4.79 Å². The average molecular weight is 345 g/mol. The fourth-order valence-electron chi connectivity index (χ4n) is 1.88. The summed E-state index contributed by atoms with van der Waals surface area (Å²) in [6.07, 6.45) is 1.87. The molecule has 0 radical (unpaired) electrons. The van der Waals surface area contributed by atoms with Crippen LogP contribution in [0.2, 0.25) is 14.8 Å². The van der Waals surface area contributed by atoms with E-state index in [0.717, 1.165) is 18.4 Å². The molecule has 0 aliphatic heterocycles. The predicted molar refractivity (Wildman–Crippen MR) is 75.6 cm³/mol. The van der Waals surface area contributed by atoms with E-state index in [4.69, 9.17) is 4.74 Å². The van der Waals surface area contributed by atoms with Gasteiger partial charge in [0.05, 0.1) is 0 Å². The van der Waals surface area contributed by atoms with Gasteiger partial charge in [-0.05, 0) is 0 Å². The van der Waals surface area contributed by atoms with E-state index in [0.29, 0.717) is 0 Å². The van der Waals surface area contributed by atoms with Crippen molar-refractivity contribution in [3.63, 3.8) is 0 Å². The minimum atomic E-state index is -2.30. The number of carbonyl (C=O) groups is 1. The third-order valence-corrected chi connectivity index (χ3v) is 8.57. The van der Waals surface area contributed by atoms with Crippen LogP contribution in [0.1, 0.15) is 33.6 Å². The zero-order valence-corrected chi connectivity index (χ0v) is 15.2. The van der Waals surface area contributed by atoms with E-state index in [1.165, 1.54) is 10.7 Å². The quantitative estimate of drug-likeness (QED) is 0.429. The number of rotatable bonds is 5. The van der Waals surface area contributed by atoms with Gasteiger partial charge in [0.15, 0.2) is 0 Å². The van der Waals surface area contributed by atoms with Gasteiger partial charge in [-0.2, -0.15) is 0 Å². The Balaban J connectivity index is 5.56. The Labute approximate surface area is 110 Å². The van der Waals surface area contributed by atoms with Crippen molar-refractivity contribution in [2.24, 2.45) is 5.92 Å². The van der Waals surface area contributed by atoms with Gasteiger partial charge in [0, 0.05) is 0 Å².